The highest BCUT2D eigenvalue weighted by Crippen LogP contribution is 2.43. The normalized spacial score (nSPS) is 13.3. The molecule has 1 heterocycles. The fraction of sp³-hybridized carbons (Fsp3) is 0.133. The second-order valence-corrected chi connectivity index (χ2v) is 14.9. The lowest BCUT2D eigenvalue weighted by Crippen LogP contribution is -2.68. The van der Waals surface area contributed by atoms with Gasteiger partial charge in [0, 0.05) is 15.4 Å². The highest BCUT2D eigenvalue weighted by molar-refractivity contribution is 7.99. The van der Waals surface area contributed by atoms with E-state index in [0.29, 0.717) is 0 Å². The molecule has 0 saturated heterocycles. The molecule has 0 spiro atoms. The van der Waals surface area contributed by atoms with E-state index in [0.717, 1.165) is 26.7 Å². The van der Waals surface area contributed by atoms with Gasteiger partial charge in [-0.1, -0.05) is 111 Å². The third-order valence-corrected chi connectivity index (χ3v) is 12.5. The van der Waals surface area contributed by atoms with Gasteiger partial charge in [-0.2, -0.15) is 0 Å². The number of rotatable bonds is 4. The molecule has 0 amide bonds. The van der Waals surface area contributed by atoms with E-state index in [9.17, 15) is 5.11 Å². The maximum Gasteiger partial charge on any atom is 0.319 e. The van der Waals surface area contributed by atoms with E-state index in [1.165, 1.54) is 10.4 Å². The van der Waals surface area contributed by atoms with Crippen LogP contribution < -0.4 is 14.8 Å². The van der Waals surface area contributed by atoms with E-state index in [1.807, 2.05) is 36.4 Å². The molecule has 0 radical (unpaired) electrons. The number of aliphatic hydroxyl groups is 1. The van der Waals surface area contributed by atoms with Gasteiger partial charge in [-0.25, -0.2) is 0 Å². The molecule has 4 aromatic rings. The molecule has 0 atom stereocenters. The van der Waals surface area contributed by atoms with Crippen molar-refractivity contribution in [3.8, 4) is 5.75 Å². The first-order chi connectivity index (χ1) is 16.4. The summed E-state index contributed by atoms with van der Waals surface area (Å²) < 4.78 is 7.16. The predicted octanol–water partition coefficient (Wildman–Crippen LogP) is 7.15. The van der Waals surface area contributed by atoms with Gasteiger partial charge >= 0.3 is 8.32 Å². The van der Waals surface area contributed by atoms with Crippen LogP contribution in [0.4, 0.5) is 0 Å². The second kappa shape index (κ2) is 8.86. The maximum absolute atomic E-state index is 11.0. The molecular formula is C30H28O2SSi. The summed E-state index contributed by atoms with van der Waals surface area (Å²) in [5.74, 6) is 1.04. The van der Waals surface area contributed by atoms with Gasteiger partial charge in [0.15, 0.2) is 0 Å². The van der Waals surface area contributed by atoms with Gasteiger partial charge in [0.05, 0.1) is 0 Å². The monoisotopic (exact) mass is 480 g/mol. The van der Waals surface area contributed by atoms with Gasteiger partial charge < -0.3 is 9.53 Å². The second-order valence-electron chi connectivity index (χ2n) is 9.59. The van der Waals surface area contributed by atoms with Crippen molar-refractivity contribution in [2.24, 2.45) is 0 Å². The van der Waals surface area contributed by atoms with Gasteiger partial charge in [0.2, 0.25) is 0 Å². The smallest absolute Gasteiger partial charge is 0.319 e. The molecule has 1 aliphatic rings. The minimum Gasteiger partial charge on any atom is -0.534 e. The van der Waals surface area contributed by atoms with Crippen molar-refractivity contribution in [2.75, 3.05) is 0 Å². The van der Waals surface area contributed by atoms with E-state index >= 15 is 0 Å². The van der Waals surface area contributed by atoms with Crippen LogP contribution in [-0.4, -0.2) is 13.4 Å². The zero-order chi connectivity index (χ0) is 23.8. The first-order valence-electron chi connectivity index (χ1n) is 11.5. The van der Waals surface area contributed by atoms with Crippen molar-refractivity contribution in [2.45, 2.75) is 35.6 Å². The van der Waals surface area contributed by atoms with Crippen LogP contribution >= 0.6 is 11.8 Å². The molecular weight excluding hydrogens is 452 g/mol. The van der Waals surface area contributed by atoms with E-state index in [2.05, 4.69) is 93.6 Å². The summed E-state index contributed by atoms with van der Waals surface area (Å²) in [6.45, 7) is 6.81. The quantitative estimate of drug-likeness (QED) is 0.315. The van der Waals surface area contributed by atoms with Gasteiger partial charge in [-0.3, -0.25) is 0 Å². The molecule has 5 rings (SSSR count). The minimum absolute atomic E-state index is 0.134. The van der Waals surface area contributed by atoms with Crippen LogP contribution in [0.25, 0.3) is 11.8 Å². The molecule has 1 aliphatic heterocycles. The lowest BCUT2D eigenvalue weighted by Gasteiger charge is -2.43. The van der Waals surface area contributed by atoms with Crippen LogP contribution in [0.3, 0.4) is 0 Å². The molecule has 1 N–H and O–H groups in total. The first kappa shape index (κ1) is 22.6. The number of aliphatic hydroxyl groups excluding tert-OH is 1. The molecule has 0 bridgehead atoms. The Morgan fingerprint density at radius 3 is 1.91 bits per heavy atom. The molecule has 4 aromatic carbocycles. The van der Waals surface area contributed by atoms with Crippen molar-refractivity contribution in [1.82, 2.24) is 0 Å². The van der Waals surface area contributed by atoms with Crippen molar-refractivity contribution >= 4 is 42.3 Å². The zero-order valence-electron chi connectivity index (χ0n) is 19.7. The molecule has 0 aliphatic carbocycles. The van der Waals surface area contributed by atoms with Crippen LogP contribution in [0.15, 0.2) is 113 Å². The lowest BCUT2D eigenvalue weighted by molar-refractivity contribution is 0.501. The minimum atomic E-state index is -2.74. The van der Waals surface area contributed by atoms with Crippen LogP contribution in [-0.2, 0) is 0 Å². The molecule has 0 unspecified atom stereocenters. The summed E-state index contributed by atoms with van der Waals surface area (Å²) in [6.07, 6.45) is 1.85. The molecule has 170 valence electrons. The standard InChI is InChI=1S/C30H28O2SSi/c1-30(2,3)34(24-13-6-4-7-14-24,25-15-8-5-9-16-25)32-23-18-19-29-26(21-23)27(31)20-22-12-10-11-17-28(22)33-29/h4-21,31H,1-3H3. The Hall–Kier alpha value is -3.21. The summed E-state index contributed by atoms with van der Waals surface area (Å²) in [6, 6.07) is 35.5. The number of fused-ring (bicyclic) bond motifs is 2. The Balaban J connectivity index is 1.66. The van der Waals surface area contributed by atoms with E-state index < -0.39 is 8.32 Å². The van der Waals surface area contributed by atoms with E-state index in [1.54, 1.807) is 11.8 Å². The Morgan fingerprint density at radius 2 is 1.29 bits per heavy atom. The highest BCUT2D eigenvalue weighted by atomic mass is 32.2. The molecule has 0 fully saturated rings. The fourth-order valence-electron chi connectivity index (χ4n) is 4.72. The molecule has 34 heavy (non-hydrogen) atoms. The van der Waals surface area contributed by atoms with E-state index in [4.69, 9.17) is 4.43 Å². The predicted molar refractivity (Wildman–Crippen MR) is 146 cm³/mol. The summed E-state index contributed by atoms with van der Waals surface area (Å²) >= 11 is 1.68. The Kier molecular flexibility index (Phi) is 5.88. The van der Waals surface area contributed by atoms with Crippen LogP contribution in [0.5, 0.6) is 5.75 Å². The zero-order valence-corrected chi connectivity index (χ0v) is 21.5. The summed E-state index contributed by atoms with van der Waals surface area (Å²) in [5.41, 5.74) is 1.83. The number of hydrogen-bond donors (Lipinski definition) is 1. The van der Waals surface area contributed by atoms with Crippen LogP contribution in [0, 0.1) is 0 Å². The van der Waals surface area contributed by atoms with Crippen molar-refractivity contribution in [1.29, 1.82) is 0 Å². The average molecular weight is 481 g/mol. The topological polar surface area (TPSA) is 29.5 Å². The molecule has 2 nitrogen and oxygen atoms in total. The SMILES string of the molecule is CC(C)(C)[Si](Oc1ccc2c(c1)C(O)=Cc1ccccc1S2)(c1ccccc1)c1ccccc1. The summed E-state index contributed by atoms with van der Waals surface area (Å²) in [4.78, 5) is 2.15. The van der Waals surface area contributed by atoms with Crippen molar-refractivity contribution in [3.05, 3.63) is 114 Å². The average Bonchev–Trinajstić information content (AvgIpc) is 2.98. The van der Waals surface area contributed by atoms with Crippen molar-refractivity contribution in [3.63, 3.8) is 0 Å². The van der Waals surface area contributed by atoms with Gasteiger partial charge in [-0.15, -0.1) is 0 Å². The molecule has 0 saturated carbocycles. The maximum atomic E-state index is 11.0. The van der Waals surface area contributed by atoms with Gasteiger partial charge in [0.1, 0.15) is 11.5 Å². The fourth-order valence-corrected chi connectivity index (χ4v) is 10.2. The Labute approximate surface area is 207 Å². The van der Waals surface area contributed by atoms with Crippen LogP contribution in [0.2, 0.25) is 5.04 Å². The third-order valence-electron chi connectivity index (χ3n) is 6.35. The lowest BCUT2D eigenvalue weighted by atomic mass is 10.1. The Morgan fingerprint density at radius 1 is 0.706 bits per heavy atom. The Bertz CT molecular complexity index is 1300. The summed E-state index contributed by atoms with van der Waals surface area (Å²) in [5, 5.41) is 13.3. The number of hydrogen-bond acceptors (Lipinski definition) is 3. The number of benzene rings is 4. The highest BCUT2D eigenvalue weighted by Gasteiger charge is 2.52. The summed E-state index contributed by atoms with van der Waals surface area (Å²) in [7, 11) is -2.74. The van der Waals surface area contributed by atoms with Crippen molar-refractivity contribution < 1.29 is 9.53 Å². The van der Waals surface area contributed by atoms with Gasteiger partial charge in [-0.05, 0) is 51.3 Å². The van der Waals surface area contributed by atoms with E-state index in [-0.39, 0.29) is 10.8 Å². The van der Waals surface area contributed by atoms with Crippen LogP contribution in [0.1, 0.15) is 31.9 Å². The molecule has 4 heteroatoms. The first-order valence-corrected chi connectivity index (χ1v) is 14.2. The molecule has 0 aromatic heterocycles. The van der Waals surface area contributed by atoms with Gasteiger partial charge in [0.25, 0.3) is 0 Å². The largest absolute Gasteiger partial charge is 0.534 e. The third kappa shape index (κ3) is 3.97.